The highest BCUT2D eigenvalue weighted by molar-refractivity contribution is 5.15. The van der Waals surface area contributed by atoms with Crippen molar-refractivity contribution in [2.24, 2.45) is 5.73 Å². The van der Waals surface area contributed by atoms with Crippen molar-refractivity contribution in [1.29, 1.82) is 0 Å². The summed E-state index contributed by atoms with van der Waals surface area (Å²) in [4.78, 5) is 6.68. The number of aromatic nitrogens is 1. The first-order valence-electron chi connectivity index (χ1n) is 5.61. The summed E-state index contributed by atoms with van der Waals surface area (Å²) in [5.41, 5.74) is 6.61. The Hall–Kier alpha value is -1.13. The highest BCUT2D eigenvalue weighted by Gasteiger charge is 2.10. The van der Waals surface area contributed by atoms with E-state index in [1.54, 1.807) is 7.11 Å². The second kappa shape index (κ2) is 6.45. The van der Waals surface area contributed by atoms with Crippen LogP contribution in [0, 0.1) is 0 Å². The number of nitrogens with zero attached hydrogens (tertiary/aromatic N) is 2. The van der Waals surface area contributed by atoms with Gasteiger partial charge in [-0.05, 0) is 19.9 Å². The van der Waals surface area contributed by atoms with E-state index in [1.165, 1.54) is 0 Å². The Labute approximate surface area is 97.4 Å². The summed E-state index contributed by atoms with van der Waals surface area (Å²) in [6, 6.07) is 6.29. The zero-order chi connectivity index (χ0) is 12.0. The Morgan fingerprint density at radius 3 is 2.75 bits per heavy atom. The van der Waals surface area contributed by atoms with Gasteiger partial charge in [-0.3, -0.25) is 4.90 Å². The number of rotatable bonds is 6. The van der Waals surface area contributed by atoms with Crippen LogP contribution in [0.15, 0.2) is 18.2 Å². The van der Waals surface area contributed by atoms with Crippen molar-refractivity contribution < 1.29 is 4.74 Å². The van der Waals surface area contributed by atoms with E-state index in [-0.39, 0.29) is 0 Å². The van der Waals surface area contributed by atoms with E-state index >= 15 is 0 Å². The smallest absolute Gasteiger partial charge is 0.213 e. The van der Waals surface area contributed by atoms with Gasteiger partial charge in [-0.15, -0.1) is 0 Å². The van der Waals surface area contributed by atoms with Crippen molar-refractivity contribution in [2.45, 2.75) is 26.4 Å². The lowest BCUT2D eigenvalue weighted by Gasteiger charge is -2.25. The Balaban J connectivity index is 2.68. The lowest BCUT2D eigenvalue weighted by Crippen LogP contribution is -2.35. The first kappa shape index (κ1) is 12.9. The minimum atomic E-state index is 0.469. The summed E-state index contributed by atoms with van der Waals surface area (Å²) in [7, 11) is 1.63. The van der Waals surface area contributed by atoms with Gasteiger partial charge in [0.15, 0.2) is 0 Å². The molecule has 4 nitrogen and oxygen atoms in total. The van der Waals surface area contributed by atoms with Gasteiger partial charge in [0.2, 0.25) is 5.88 Å². The SMILES string of the molecule is COc1cccc(CN(CCN)C(C)C)n1. The third-order valence-electron chi connectivity index (χ3n) is 2.50. The fraction of sp³-hybridized carbons (Fsp3) is 0.583. The van der Waals surface area contributed by atoms with Gasteiger partial charge in [0.1, 0.15) is 0 Å². The van der Waals surface area contributed by atoms with Gasteiger partial charge in [-0.2, -0.15) is 0 Å². The molecule has 0 fully saturated rings. The minimum absolute atomic E-state index is 0.469. The zero-order valence-electron chi connectivity index (χ0n) is 10.3. The number of nitrogens with two attached hydrogens (primary N) is 1. The maximum absolute atomic E-state index is 5.59. The molecule has 1 rings (SSSR count). The van der Waals surface area contributed by atoms with E-state index in [0.717, 1.165) is 18.8 Å². The molecule has 0 unspecified atom stereocenters. The summed E-state index contributed by atoms with van der Waals surface area (Å²) in [6.07, 6.45) is 0. The molecule has 0 atom stereocenters. The third kappa shape index (κ3) is 3.79. The Bertz CT molecular complexity index is 315. The van der Waals surface area contributed by atoms with E-state index in [4.69, 9.17) is 10.5 Å². The average Bonchev–Trinajstić information content (AvgIpc) is 2.28. The molecule has 1 aromatic heterocycles. The largest absolute Gasteiger partial charge is 0.481 e. The zero-order valence-corrected chi connectivity index (χ0v) is 10.3. The Morgan fingerprint density at radius 1 is 1.44 bits per heavy atom. The maximum Gasteiger partial charge on any atom is 0.213 e. The van der Waals surface area contributed by atoms with E-state index in [0.29, 0.717) is 18.5 Å². The molecule has 0 aliphatic heterocycles. The molecule has 0 saturated carbocycles. The van der Waals surface area contributed by atoms with Crippen LogP contribution in [-0.2, 0) is 6.54 Å². The van der Waals surface area contributed by atoms with Crippen molar-refractivity contribution >= 4 is 0 Å². The number of pyridine rings is 1. The maximum atomic E-state index is 5.59. The molecule has 0 radical (unpaired) electrons. The van der Waals surface area contributed by atoms with E-state index in [1.807, 2.05) is 18.2 Å². The van der Waals surface area contributed by atoms with Crippen molar-refractivity contribution in [2.75, 3.05) is 20.2 Å². The lowest BCUT2D eigenvalue weighted by molar-refractivity contribution is 0.216. The molecular formula is C12H21N3O. The van der Waals surface area contributed by atoms with Gasteiger partial charge >= 0.3 is 0 Å². The number of hydrogen-bond acceptors (Lipinski definition) is 4. The van der Waals surface area contributed by atoms with Crippen LogP contribution in [0.1, 0.15) is 19.5 Å². The summed E-state index contributed by atoms with van der Waals surface area (Å²) < 4.78 is 5.10. The van der Waals surface area contributed by atoms with Crippen molar-refractivity contribution in [3.63, 3.8) is 0 Å². The van der Waals surface area contributed by atoms with Crippen molar-refractivity contribution in [3.8, 4) is 5.88 Å². The van der Waals surface area contributed by atoms with Crippen LogP contribution >= 0.6 is 0 Å². The van der Waals surface area contributed by atoms with Crippen molar-refractivity contribution in [1.82, 2.24) is 9.88 Å². The van der Waals surface area contributed by atoms with Crippen LogP contribution in [0.4, 0.5) is 0 Å². The second-order valence-electron chi connectivity index (χ2n) is 4.02. The number of methoxy groups -OCH3 is 1. The molecule has 4 heteroatoms. The third-order valence-corrected chi connectivity index (χ3v) is 2.50. The molecule has 1 aromatic rings. The normalized spacial score (nSPS) is 11.1. The number of ether oxygens (including phenoxy) is 1. The average molecular weight is 223 g/mol. The highest BCUT2D eigenvalue weighted by Crippen LogP contribution is 2.10. The molecule has 0 spiro atoms. The predicted molar refractivity (Wildman–Crippen MR) is 65.4 cm³/mol. The van der Waals surface area contributed by atoms with Gasteiger partial charge < -0.3 is 10.5 Å². The standard InChI is InChI=1S/C12H21N3O/c1-10(2)15(8-7-13)9-11-5-4-6-12(14-11)16-3/h4-6,10H,7-9,13H2,1-3H3. The fourth-order valence-electron chi connectivity index (χ4n) is 1.55. The van der Waals surface area contributed by atoms with Gasteiger partial charge in [0.25, 0.3) is 0 Å². The molecule has 0 aromatic carbocycles. The molecule has 0 amide bonds. The van der Waals surface area contributed by atoms with Crippen LogP contribution in [0.5, 0.6) is 5.88 Å². The Morgan fingerprint density at radius 2 is 2.19 bits per heavy atom. The topological polar surface area (TPSA) is 51.4 Å². The predicted octanol–water partition coefficient (Wildman–Crippen LogP) is 1.26. The Kier molecular flexibility index (Phi) is 5.22. The summed E-state index contributed by atoms with van der Waals surface area (Å²) in [6.45, 7) is 6.69. The highest BCUT2D eigenvalue weighted by atomic mass is 16.5. The molecule has 0 bridgehead atoms. The molecule has 0 aliphatic carbocycles. The molecule has 2 N–H and O–H groups in total. The van der Waals surface area contributed by atoms with Gasteiger partial charge in [0.05, 0.1) is 12.8 Å². The van der Waals surface area contributed by atoms with Gasteiger partial charge in [-0.1, -0.05) is 6.07 Å². The second-order valence-corrected chi connectivity index (χ2v) is 4.02. The molecule has 0 aliphatic rings. The van der Waals surface area contributed by atoms with Gasteiger partial charge in [-0.25, -0.2) is 4.98 Å². The van der Waals surface area contributed by atoms with Crippen LogP contribution in [0.2, 0.25) is 0 Å². The minimum Gasteiger partial charge on any atom is -0.481 e. The fourth-order valence-corrected chi connectivity index (χ4v) is 1.55. The van der Waals surface area contributed by atoms with Gasteiger partial charge in [0, 0.05) is 31.7 Å². The molecule has 16 heavy (non-hydrogen) atoms. The van der Waals surface area contributed by atoms with Crippen LogP contribution < -0.4 is 10.5 Å². The van der Waals surface area contributed by atoms with E-state index < -0.39 is 0 Å². The molecular weight excluding hydrogens is 202 g/mol. The quantitative estimate of drug-likeness (QED) is 0.789. The monoisotopic (exact) mass is 223 g/mol. The lowest BCUT2D eigenvalue weighted by atomic mass is 10.2. The summed E-state index contributed by atoms with van der Waals surface area (Å²) in [5.74, 6) is 0.661. The first-order chi connectivity index (χ1) is 7.67. The van der Waals surface area contributed by atoms with Crippen LogP contribution in [0.3, 0.4) is 0 Å². The summed E-state index contributed by atoms with van der Waals surface area (Å²) in [5, 5.41) is 0. The van der Waals surface area contributed by atoms with E-state index in [9.17, 15) is 0 Å². The van der Waals surface area contributed by atoms with Crippen LogP contribution in [0.25, 0.3) is 0 Å². The first-order valence-corrected chi connectivity index (χ1v) is 5.61. The number of hydrogen-bond donors (Lipinski definition) is 1. The van der Waals surface area contributed by atoms with Crippen molar-refractivity contribution in [3.05, 3.63) is 23.9 Å². The summed E-state index contributed by atoms with van der Waals surface area (Å²) >= 11 is 0. The molecule has 1 heterocycles. The molecule has 90 valence electrons. The van der Waals surface area contributed by atoms with E-state index in [2.05, 4.69) is 23.7 Å². The van der Waals surface area contributed by atoms with Crippen LogP contribution in [-0.4, -0.2) is 36.1 Å². The molecule has 0 saturated heterocycles.